The Hall–Kier alpha value is -3.62. The van der Waals surface area contributed by atoms with E-state index in [0.717, 1.165) is 138 Å². The Morgan fingerprint density at radius 1 is 0.607 bits per heavy atom. The highest BCUT2D eigenvalue weighted by molar-refractivity contribution is 5.78. The summed E-state index contributed by atoms with van der Waals surface area (Å²) in [6.45, 7) is 24.0. The van der Waals surface area contributed by atoms with E-state index in [1.807, 2.05) is 12.2 Å². The molecule has 0 heterocycles. The van der Waals surface area contributed by atoms with Gasteiger partial charge in [0, 0.05) is 44.6 Å². The molecule has 0 aliphatic carbocycles. The minimum Gasteiger partial charge on any atom is -0.493 e. The van der Waals surface area contributed by atoms with Crippen molar-refractivity contribution in [2.24, 2.45) is 0 Å². The number of benzene rings is 2. The summed E-state index contributed by atoms with van der Waals surface area (Å²) in [7, 11) is 8.58. The van der Waals surface area contributed by atoms with Gasteiger partial charge in [-0.2, -0.15) is 0 Å². The number of nitrogens with zero attached hydrogens (tertiary/aromatic N) is 4. The standard InChI is InChI=1S/C48H80N4O4/c1-11-17-29-49(30-18-12-2)47(53)39-51(7,8)33-21-35-55-45-28-26-42(38-43(45)24-16-6)44-37-41(23-15-5)25-27-46(44)56-36-22-34-52(9,10)40-48(54)50(31-19-13-3)32-20-14-4/h15-16,25-28,37-38H,5-6,11-14,17-24,29-36,39-40H2,1-4,7-10H3/q+2. The predicted molar refractivity (Wildman–Crippen MR) is 236 cm³/mol. The van der Waals surface area contributed by atoms with Crippen molar-refractivity contribution >= 4 is 11.8 Å². The lowest BCUT2D eigenvalue weighted by Crippen LogP contribution is -2.49. The van der Waals surface area contributed by atoms with Crippen molar-refractivity contribution in [3.05, 3.63) is 72.8 Å². The molecule has 314 valence electrons. The van der Waals surface area contributed by atoms with Crippen LogP contribution in [0.2, 0.25) is 0 Å². The number of likely N-dealkylation sites (N-methyl/N-ethyl adjacent to an activating group) is 2. The Morgan fingerprint density at radius 3 is 1.50 bits per heavy atom. The Kier molecular flexibility index (Phi) is 22.8. The van der Waals surface area contributed by atoms with Crippen LogP contribution in [0.5, 0.6) is 11.5 Å². The molecule has 2 aromatic rings. The molecule has 0 aromatic heterocycles. The second-order valence-electron chi connectivity index (χ2n) is 16.9. The maximum absolute atomic E-state index is 13.3. The second-order valence-corrected chi connectivity index (χ2v) is 16.9. The largest absolute Gasteiger partial charge is 0.493 e. The molecule has 0 saturated heterocycles. The Bertz CT molecular complexity index is 1450. The molecule has 0 N–H and O–H groups in total. The third-order valence-corrected chi connectivity index (χ3v) is 10.4. The zero-order valence-corrected chi connectivity index (χ0v) is 37.0. The van der Waals surface area contributed by atoms with Crippen LogP contribution in [-0.4, -0.2) is 124 Å². The number of hydrogen-bond donors (Lipinski definition) is 0. The van der Waals surface area contributed by atoms with Gasteiger partial charge >= 0.3 is 0 Å². The molecule has 8 heteroatoms. The maximum atomic E-state index is 13.3. The second kappa shape index (κ2) is 26.3. The molecule has 0 unspecified atom stereocenters. The summed E-state index contributed by atoms with van der Waals surface area (Å²) in [6.07, 6.45) is 15.6. The summed E-state index contributed by atoms with van der Waals surface area (Å²) in [6, 6.07) is 12.8. The fourth-order valence-electron chi connectivity index (χ4n) is 6.98. The lowest BCUT2D eigenvalue weighted by Gasteiger charge is -2.32. The van der Waals surface area contributed by atoms with Crippen LogP contribution in [0.25, 0.3) is 11.1 Å². The number of carbonyl (C=O) groups is 2. The summed E-state index contributed by atoms with van der Waals surface area (Å²) in [4.78, 5) is 30.6. The van der Waals surface area contributed by atoms with E-state index in [9.17, 15) is 9.59 Å². The first kappa shape index (κ1) is 48.5. The molecule has 0 saturated carbocycles. The minimum atomic E-state index is 0.252. The molecule has 0 aliphatic heterocycles. The van der Waals surface area contributed by atoms with Crippen LogP contribution in [0.1, 0.15) is 103 Å². The molecule has 0 atom stereocenters. The average Bonchev–Trinajstić information content (AvgIpc) is 3.15. The van der Waals surface area contributed by atoms with Crippen molar-refractivity contribution < 1.29 is 28.0 Å². The third kappa shape index (κ3) is 18.1. The van der Waals surface area contributed by atoms with Crippen molar-refractivity contribution in [3.8, 4) is 22.6 Å². The van der Waals surface area contributed by atoms with Gasteiger partial charge in [0.2, 0.25) is 0 Å². The van der Waals surface area contributed by atoms with Gasteiger partial charge in [-0.25, -0.2) is 0 Å². The highest BCUT2D eigenvalue weighted by Crippen LogP contribution is 2.35. The van der Waals surface area contributed by atoms with E-state index < -0.39 is 0 Å². The summed E-state index contributed by atoms with van der Waals surface area (Å²) < 4.78 is 14.2. The monoisotopic (exact) mass is 777 g/mol. The van der Waals surface area contributed by atoms with Gasteiger partial charge in [-0.3, -0.25) is 9.59 Å². The van der Waals surface area contributed by atoms with Crippen LogP contribution >= 0.6 is 0 Å². The third-order valence-electron chi connectivity index (χ3n) is 10.4. The van der Waals surface area contributed by atoms with E-state index in [1.54, 1.807) is 0 Å². The molecule has 2 amide bonds. The zero-order chi connectivity index (χ0) is 41.4. The van der Waals surface area contributed by atoms with E-state index in [0.29, 0.717) is 41.7 Å². The lowest BCUT2D eigenvalue weighted by molar-refractivity contribution is -0.882. The van der Waals surface area contributed by atoms with Gasteiger partial charge in [-0.05, 0) is 79.5 Å². The van der Waals surface area contributed by atoms with Gasteiger partial charge in [0.25, 0.3) is 11.8 Å². The number of carbonyl (C=O) groups excluding carboxylic acids is 2. The van der Waals surface area contributed by atoms with Gasteiger partial charge in [0.15, 0.2) is 13.1 Å². The molecule has 0 bridgehead atoms. The zero-order valence-electron chi connectivity index (χ0n) is 37.0. The average molecular weight is 777 g/mol. The van der Waals surface area contributed by atoms with Crippen molar-refractivity contribution in [2.75, 3.05) is 93.8 Å². The summed E-state index contributed by atoms with van der Waals surface area (Å²) in [5, 5.41) is 0. The van der Waals surface area contributed by atoms with E-state index in [1.165, 1.54) is 5.56 Å². The van der Waals surface area contributed by atoms with Crippen molar-refractivity contribution in [1.29, 1.82) is 0 Å². The van der Waals surface area contributed by atoms with Gasteiger partial charge < -0.3 is 28.2 Å². The van der Waals surface area contributed by atoms with Crippen LogP contribution in [-0.2, 0) is 22.4 Å². The van der Waals surface area contributed by atoms with Crippen molar-refractivity contribution in [3.63, 3.8) is 0 Å². The molecule has 2 aromatic carbocycles. The van der Waals surface area contributed by atoms with Crippen LogP contribution < -0.4 is 9.47 Å². The van der Waals surface area contributed by atoms with E-state index >= 15 is 0 Å². The molecule has 2 rings (SSSR count). The predicted octanol–water partition coefficient (Wildman–Crippen LogP) is 9.36. The molecule has 0 aliphatic rings. The van der Waals surface area contributed by atoms with E-state index in [4.69, 9.17) is 9.47 Å². The van der Waals surface area contributed by atoms with Crippen LogP contribution in [0, 0.1) is 0 Å². The van der Waals surface area contributed by atoms with Gasteiger partial charge in [0.1, 0.15) is 11.5 Å². The first-order chi connectivity index (χ1) is 26.8. The molecule has 0 spiro atoms. The Morgan fingerprint density at radius 2 is 1.05 bits per heavy atom. The van der Waals surface area contributed by atoms with Gasteiger partial charge in [-0.15, -0.1) is 13.2 Å². The number of amides is 2. The number of hydrogen-bond acceptors (Lipinski definition) is 4. The topological polar surface area (TPSA) is 59.1 Å². The SMILES string of the molecule is C=CCc1ccc(OCCC[N+](C)(C)CC(=O)N(CCCC)CCCC)c(-c2ccc(OCCC[N+](C)(C)CC(=O)N(CCCC)CCCC)c(CC=C)c2)c1. The normalized spacial score (nSPS) is 11.6. The van der Waals surface area contributed by atoms with Crippen LogP contribution in [0.15, 0.2) is 61.7 Å². The number of rotatable bonds is 31. The Labute approximate surface area is 342 Å². The fourth-order valence-corrected chi connectivity index (χ4v) is 6.98. The fraction of sp³-hybridized carbons (Fsp3) is 0.625. The molecule has 8 nitrogen and oxygen atoms in total. The summed E-state index contributed by atoms with van der Waals surface area (Å²) >= 11 is 0. The highest BCUT2D eigenvalue weighted by Gasteiger charge is 2.25. The van der Waals surface area contributed by atoms with Gasteiger partial charge in [-0.1, -0.05) is 77.7 Å². The number of quaternary nitrogens is 2. The maximum Gasteiger partial charge on any atom is 0.277 e. The first-order valence-corrected chi connectivity index (χ1v) is 21.8. The molecule has 56 heavy (non-hydrogen) atoms. The molecular weight excluding hydrogens is 697 g/mol. The van der Waals surface area contributed by atoms with Crippen molar-refractivity contribution in [1.82, 2.24) is 9.80 Å². The van der Waals surface area contributed by atoms with E-state index in [2.05, 4.69) is 115 Å². The smallest absolute Gasteiger partial charge is 0.277 e. The number of allylic oxidation sites excluding steroid dienone is 2. The van der Waals surface area contributed by atoms with Crippen molar-refractivity contribution in [2.45, 2.75) is 105 Å². The Balaban J connectivity index is 2.10. The number of ether oxygens (including phenoxy) is 2. The molecule has 0 radical (unpaired) electrons. The van der Waals surface area contributed by atoms with E-state index in [-0.39, 0.29) is 11.8 Å². The lowest BCUT2D eigenvalue weighted by atomic mass is 9.97. The minimum absolute atomic E-state index is 0.252. The highest BCUT2D eigenvalue weighted by atomic mass is 16.5. The molecule has 0 fully saturated rings. The molecular formula is C48H80N4O4+2. The summed E-state index contributed by atoms with van der Waals surface area (Å²) in [5.74, 6) is 2.22. The van der Waals surface area contributed by atoms with Crippen LogP contribution in [0.3, 0.4) is 0 Å². The van der Waals surface area contributed by atoms with Crippen LogP contribution in [0.4, 0.5) is 0 Å². The summed E-state index contributed by atoms with van der Waals surface area (Å²) in [5.41, 5.74) is 4.38. The first-order valence-electron chi connectivity index (χ1n) is 21.8. The number of unbranched alkanes of at least 4 members (excludes halogenated alkanes) is 4. The van der Waals surface area contributed by atoms with Gasteiger partial charge in [0.05, 0.1) is 54.5 Å². The quantitative estimate of drug-likeness (QED) is 0.0435.